The lowest BCUT2D eigenvalue weighted by Crippen LogP contribution is -2.38. The Labute approximate surface area is 162 Å². The van der Waals surface area contributed by atoms with Crippen LogP contribution in [0.25, 0.3) is 21.8 Å². The first-order valence-corrected chi connectivity index (χ1v) is 9.60. The SMILES string of the molecule is O=C(Nc1c[nH]c2ncccc12)C1CCN(c2cccc3cnccc23)CC1. The largest absolute Gasteiger partial charge is 0.371 e. The molecule has 0 spiro atoms. The number of pyridine rings is 2. The third-order valence-corrected chi connectivity index (χ3v) is 5.57. The van der Waals surface area contributed by atoms with Gasteiger partial charge in [0.15, 0.2) is 0 Å². The Hall–Kier alpha value is -3.41. The van der Waals surface area contributed by atoms with Gasteiger partial charge in [-0.1, -0.05) is 12.1 Å². The molecule has 0 unspecified atom stereocenters. The molecular weight excluding hydrogens is 350 g/mol. The number of piperidine rings is 1. The molecule has 1 aliphatic rings. The van der Waals surface area contributed by atoms with Gasteiger partial charge in [0, 0.05) is 65.6 Å². The molecule has 140 valence electrons. The highest BCUT2D eigenvalue weighted by Crippen LogP contribution is 2.30. The molecule has 28 heavy (non-hydrogen) atoms. The lowest BCUT2D eigenvalue weighted by Gasteiger charge is -2.33. The van der Waals surface area contributed by atoms with Gasteiger partial charge < -0.3 is 15.2 Å². The second kappa shape index (κ2) is 6.96. The van der Waals surface area contributed by atoms with Gasteiger partial charge in [-0.25, -0.2) is 4.98 Å². The van der Waals surface area contributed by atoms with E-state index in [4.69, 9.17) is 0 Å². The lowest BCUT2D eigenvalue weighted by molar-refractivity contribution is -0.120. The van der Waals surface area contributed by atoms with E-state index < -0.39 is 0 Å². The van der Waals surface area contributed by atoms with Crippen LogP contribution >= 0.6 is 0 Å². The van der Waals surface area contributed by atoms with E-state index in [2.05, 4.69) is 49.4 Å². The van der Waals surface area contributed by atoms with Crippen molar-refractivity contribution in [3.05, 3.63) is 61.2 Å². The third-order valence-electron chi connectivity index (χ3n) is 5.57. The molecule has 0 radical (unpaired) electrons. The summed E-state index contributed by atoms with van der Waals surface area (Å²) in [5, 5.41) is 6.38. The van der Waals surface area contributed by atoms with Crippen molar-refractivity contribution in [1.29, 1.82) is 0 Å². The molecule has 3 aromatic heterocycles. The Bertz CT molecular complexity index is 1140. The average Bonchev–Trinajstić information content (AvgIpc) is 3.16. The van der Waals surface area contributed by atoms with Crippen LogP contribution in [-0.2, 0) is 4.79 Å². The molecule has 0 saturated carbocycles. The maximum Gasteiger partial charge on any atom is 0.227 e. The zero-order valence-electron chi connectivity index (χ0n) is 15.4. The molecule has 0 atom stereocenters. The smallest absolute Gasteiger partial charge is 0.227 e. The number of aromatic amines is 1. The van der Waals surface area contributed by atoms with Crippen molar-refractivity contribution in [1.82, 2.24) is 15.0 Å². The second-order valence-corrected chi connectivity index (χ2v) is 7.23. The molecule has 1 aliphatic heterocycles. The van der Waals surface area contributed by atoms with Crippen LogP contribution in [0.1, 0.15) is 12.8 Å². The van der Waals surface area contributed by atoms with Gasteiger partial charge in [0.25, 0.3) is 0 Å². The van der Waals surface area contributed by atoms with E-state index in [9.17, 15) is 4.79 Å². The monoisotopic (exact) mass is 371 g/mol. The molecule has 4 aromatic rings. The minimum Gasteiger partial charge on any atom is -0.371 e. The number of aromatic nitrogens is 3. The van der Waals surface area contributed by atoms with E-state index in [-0.39, 0.29) is 11.8 Å². The van der Waals surface area contributed by atoms with Gasteiger partial charge in [-0.2, -0.15) is 0 Å². The van der Waals surface area contributed by atoms with Crippen LogP contribution in [0.2, 0.25) is 0 Å². The molecule has 6 heteroatoms. The minimum absolute atomic E-state index is 0.0227. The molecule has 5 rings (SSSR count). The maximum absolute atomic E-state index is 12.8. The number of amides is 1. The molecule has 0 aliphatic carbocycles. The maximum atomic E-state index is 12.8. The first-order chi connectivity index (χ1) is 13.8. The first kappa shape index (κ1) is 16.7. The zero-order chi connectivity index (χ0) is 18.9. The standard InChI is InChI=1S/C22H21N5O/c28-22(26-19-14-25-21-18(19)4-2-9-24-21)15-7-11-27(12-8-15)20-5-1-3-16-13-23-10-6-17(16)20/h1-6,9-10,13-15H,7-8,11-12H2,(H,24,25)(H,26,28). The van der Waals surface area contributed by atoms with Gasteiger partial charge in [0.2, 0.25) is 5.91 Å². The number of H-pyrrole nitrogens is 1. The van der Waals surface area contributed by atoms with Gasteiger partial charge in [0.1, 0.15) is 5.65 Å². The van der Waals surface area contributed by atoms with Crippen molar-refractivity contribution in [3.63, 3.8) is 0 Å². The van der Waals surface area contributed by atoms with Crippen molar-refractivity contribution in [3.8, 4) is 0 Å². The van der Waals surface area contributed by atoms with Crippen LogP contribution < -0.4 is 10.2 Å². The highest BCUT2D eigenvalue weighted by Gasteiger charge is 2.26. The predicted octanol–water partition coefficient (Wildman–Crippen LogP) is 3.97. The van der Waals surface area contributed by atoms with Gasteiger partial charge in [0.05, 0.1) is 5.69 Å². The Kier molecular flexibility index (Phi) is 4.16. The summed E-state index contributed by atoms with van der Waals surface area (Å²) in [6, 6.07) is 12.2. The molecule has 6 nitrogen and oxygen atoms in total. The van der Waals surface area contributed by atoms with E-state index >= 15 is 0 Å². The summed E-state index contributed by atoms with van der Waals surface area (Å²) in [6.07, 6.45) is 8.97. The highest BCUT2D eigenvalue weighted by molar-refractivity contribution is 6.01. The third kappa shape index (κ3) is 2.97. The van der Waals surface area contributed by atoms with Crippen molar-refractivity contribution >= 4 is 39.1 Å². The number of nitrogens with zero attached hydrogens (tertiary/aromatic N) is 3. The van der Waals surface area contributed by atoms with Gasteiger partial charge in [-0.05, 0) is 37.1 Å². The summed E-state index contributed by atoms with van der Waals surface area (Å²) < 4.78 is 0. The number of rotatable bonds is 3. The van der Waals surface area contributed by atoms with Crippen LogP contribution in [0.15, 0.2) is 61.2 Å². The molecule has 2 N–H and O–H groups in total. The topological polar surface area (TPSA) is 73.9 Å². The van der Waals surface area contributed by atoms with Crippen molar-refractivity contribution in [2.45, 2.75) is 12.8 Å². The van der Waals surface area contributed by atoms with Crippen LogP contribution in [0, 0.1) is 5.92 Å². The number of carbonyl (C=O) groups is 1. The van der Waals surface area contributed by atoms with Crippen molar-refractivity contribution in [2.75, 3.05) is 23.3 Å². The molecule has 1 aromatic carbocycles. The Morgan fingerprint density at radius 2 is 1.96 bits per heavy atom. The summed E-state index contributed by atoms with van der Waals surface area (Å²) in [5.41, 5.74) is 2.82. The second-order valence-electron chi connectivity index (χ2n) is 7.23. The molecular formula is C22H21N5O. The Morgan fingerprint density at radius 3 is 2.86 bits per heavy atom. The van der Waals surface area contributed by atoms with Crippen LogP contribution in [0.3, 0.4) is 0 Å². The molecule has 4 heterocycles. The molecule has 0 bridgehead atoms. The van der Waals surface area contributed by atoms with Gasteiger partial charge in [-0.3, -0.25) is 9.78 Å². The van der Waals surface area contributed by atoms with Gasteiger partial charge in [-0.15, -0.1) is 0 Å². The van der Waals surface area contributed by atoms with Crippen LogP contribution in [0.5, 0.6) is 0 Å². The number of benzene rings is 1. The first-order valence-electron chi connectivity index (χ1n) is 9.60. The highest BCUT2D eigenvalue weighted by atomic mass is 16.1. The number of hydrogen-bond donors (Lipinski definition) is 2. The quantitative estimate of drug-likeness (QED) is 0.572. The molecule has 1 amide bonds. The lowest BCUT2D eigenvalue weighted by atomic mass is 9.95. The molecule has 1 saturated heterocycles. The van der Waals surface area contributed by atoms with Crippen molar-refractivity contribution in [2.24, 2.45) is 5.92 Å². The number of anilines is 2. The van der Waals surface area contributed by atoms with E-state index in [1.807, 2.05) is 30.7 Å². The van der Waals surface area contributed by atoms with Crippen LogP contribution in [0.4, 0.5) is 11.4 Å². The molecule has 1 fully saturated rings. The fourth-order valence-corrected chi connectivity index (χ4v) is 4.06. The predicted molar refractivity (Wildman–Crippen MR) is 111 cm³/mol. The fourth-order valence-electron chi connectivity index (χ4n) is 4.06. The van der Waals surface area contributed by atoms with Crippen molar-refractivity contribution < 1.29 is 4.79 Å². The van der Waals surface area contributed by atoms with Crippen LogP contribution in [-0.4, -0.2) is 33.9 Å². The number of hydrogen-bond acceptors (Lipinski definition) is 4. The number of nitrogens with one attached hydrogen (secondary N) is 2. The van der Waals surface area contributed by atoms with E-state index in [1.165, 1.54) is 11.1 Å². The minimum atomic E-state index is 0.0227. The van der Waals surface area contributed by atoms with E-state index in [1.54, 1.807) is 6.20 Å². The van der Waals surface area contributed by atoms with E-state index in [0.29, 0.717) is 0 Å². The zero-order valence-corrected chi connectivity index (χ0v) is 15.4. The van der Waals surface area contributed by atoms with E-state index in [0.717, 1.165) is 48.0 Å². The summed E-state index contributed by atoms with van der Waals surface area (Å²) in [7, 11) is 0. The summed E-state index contributed by atoms with van der Waals surface area (Å²) in [5.74, 6) is 0.112. The fraction of sp³-hybridized carbons (Fsp3) is 0.227. The Balaban J connectivity index is 1.28. The summed E-state index contributed by atoms with van der Waals surface area (Å²) >= 11 is 0. The van der Waals surface area contributed by atoms with Gasteiger partial charge >= 0.3 is 0 Å². The number of fused-ring (bicyclic) bond motifs is 2. The normalized spacial score (nSPS) is 15.2. The Morgan fingerprint density at radius 1 is 1.07 bits per heavy atom. The average molecular weight is 371 g/mol. The number of carbonyl (C=O) groups excluding carboxylic acids is 1. The summed E-state index contributed by atoms with van der Waals surface area (Å²) in [4.78, 5) is 26.8. The summed E-state index contributed by atoms with van der Waals surface area (Å²) in [6.45, 7) is 1.74.